The van der Waals surface area contributed by atoms with Gasteiger partial charge in [-0.25, -0.2) is 0 Å². The molecule has 258 valence electrons. The Morgan fingerprint density at radius 1 is 0.352 bits per heavy atom. The van der Waals surface area contributed by atoms with Gasteiger partial charge in [-0.15, -0.1) is 19.3 Å². The molecule has 0 aromatic heterocycles. The molecule has 3 saturated carbocycles. The second-order valence-corrected chi connectivity index (χ2v) is 17.2. The van der Waals surface area contributed by atoms with Crippen LogP contribution in [0.5, 0.6) is 0 Å². The second-order valence-electron chi connectivity index (χ2n) is 16.0. The summed E-state index contributed by atoms with van der Waals surface area (Å²) in [5, 5.41) is 0.845. The van der Waals surface area contributed by atoms with Gasteiger partial charge in [-0.05, 0) is 38.5 Å². The smallest absolute Gasteiger partial charge is 0.0750 e. The first-order valence-corrected chi connectivity index (χ1v) is 19.9. The lowest BCUT2D eigenvalue weighted by atomic mass is 9.47. The van der Waals surface area contributed by atoms with Gasteiger partial charge in [0.15, 0.2) is 0 Å². The van der Waals surface area contributed by atoms with Crippen molar-refractivity contribution >= 4 is 34.8 Å². The Balaban J connectivity index is 1.16. The van der Waals surface area contributed by atoms with E-state index >= 15 is 0 Å². The molecule has 6 atom stereocenters. The van der Waals surface area contributed by atoms with E-state index in [1.807, 2.05) is 0 Å². The molecule has 0 amide bonds. The van der Waals surface area contributed by atoms with Crippen molar-refractivity contribution in [2.45, 2.75) is 57.8 Å². The molecule has 0 spiro atoms. The normalized spacial score (nSPS) is 35.8. The van der Waals surface area contributed by atoms with Gasteiger partial charge in [0, 0.05) is 65.9 Å². The monoisotopic (exact) mass is 750 g/mol. The summed E-state index contributed by atoms with van der Waals surface area (Å²) < 4.78 is 0. The Kier molecular flexibility index (Phi) is 7.06. The highest BCUT2D eigenvalue weighted by atomic mass is 35.5. The molecule has 54 heavy (non-hydrogen) atoms. The van der Waals surface area contributed by atoms with E-state index in [9.17, 15) is 0 Å². The summed E-state index contributed by atoms with van der Waals surface area (Å²) in [5.41, 5.74) is 5.75. The molecule has 1 aromatic rings. The van der Waals surface area contributed by atoms with Crippen molar-refractivity contribution in [1.29, 1.82) is 0 Å². The van der Waals surface area contributed by atoms with Crippen LogP contribution in [0.4, 0.5) is 0 Å². The Morgan fingerprint density at radius 3 is 0.796 bits per heavy atom. The standard InChI is InChI=1S/C51H33Cl3/c1-4-37-40(49-25-10-7-22-46(37,49)28-13-31-49)19-16-34-43(52)35(17-20-41-38(5-2)47-23-8-11-26-50(41,47)32-14-29-47)45(54)36(44(34)53)18-21-42-39(6-3)48-24-9-12-27-51(42,48)33-15-30-48/h1-3,7-12,22-27H,13-15,28-33H2. The molecule has 0 heterocycles. The van der Waals surface area contributed by atoms with Gasteiger partial charge < -0.3 is 0 Å². The molecular formula is C51H33Cl3. The van der Waals surface area contributed by atoms with Crippen molar-refractivity contribution in [1.82, 2.24) is 0 Å². The maximum Gasteiger partial charge on any atom is 0.0750 e. The van der Waals surface area contributed by atoms with Crippen LogP contribution in [0.1, 0.15) is 74.5 Å². The van der Waals surface area contributed by atoms with Crippen molar-refractivity contribution in [3.63, 3.8) is 0 Å². The lowest BCUT2D eigenvalue weighted by molar-refractivity contribution is 0.232. The van der Waals surface area contributed by atoms with Gasteiger partial charge in [0.05, 0.1) is 31.8 Å². The fourth-order valence-electron chi connectivity index (χ4n) is 12.2. The summed E-state index contributed by atoms with van der Waals surface area (Å²) in [6.07, 6.45) is 53.9. The summed E-state index contributed by atoms with van der Waals surface area (Å²) in [6, 6.07) is 0. The Morgan fingerprint density at radius 2 is 0.574 bits per heavy atom. The molecule has 9 aliphatic rings. The summed E-state index contributed by atoms with van der Waals surface area (Å²) in [7, 11) is 0. The van der Waals surface area contributed by atoms with Crippen LogP contribution < -0.4 is 0 Å². The minimum absolute atomic E-state index is 0.174. The third-order valence-corrected chi connectivity index (χ3v) is 15.7. The summed E-state index contributed by atoms with van der Waals surface area (Å²) in [4.78, 5) is 0. The van der Waals surface area contributed by atoms with Crippen LogP contribution in [-0.4, -0.2) is 0 Å². The summed E-state index contributed by atoms with van der Waals surface area (Å²) in [5.74, 6) is 29.5. The topological polar surface area (TPSA) is 0 Å². The van der Waals surface area contributed by atoms with E-state index in [0.717, 1.165) is 91.2 Å². The molecule has 0 radical (unpaired) electrons. The Bertz CT molecular complexity index is 2380. The molecule has 1 aromatic carbocycles. The first-order chi connectivity index (χ1) is 26.3. The first-order valence-electron chi connectivity index (χ1n) is 18.8. The third-order valence-electron chi connectivity index (χ3n) is 14.5. The number of hydrogen-bond donors (Lipinski definition) is 0. The zero-order valence-electron chi connectivity index (χ0n) is 29.7. The predicted octanol–water partition coefficient (Wildman–Crippen LogP) is 11.4. The number of benzene rings is 1. The lowest BCUT2D eigenvalue weighted by Crippen LogP contribution is -2.48. The molecule has 9 aliphatic carbocycles. The maximum absolute atomic E-state index is 7.28. The number of halogens is 3. The van der Waals surface area contributed by atoms with Crippen LogP contribution in [0.25, 0.3) is 0 Å². The van der Waals surface area contributed by atoms with Crippen LogP contribution in [-0.2, 0) is 0 Å². The van der Waals surface area contributed by atoms with Crippen molar-refractivity contribution < 1.29 is 0 Å². The quantitative estimate of drug-likeness (QED) is 0.232. The largest absolute Gasteiger partial charge is 0.115 e. The third kappa shape index (κ3) is 3.63. The Hall–Kier alpha value is -4.89. The van der Waals surface area contributed by atoms with Gasteiger partial charge in [-0.1, -0.05) is 180 Å². The van der Waals surface area contributed by atoms with Crippen LogP contribution in [0.3, 0.4) is 0 Å². The predicted molar refractivity (Wildman–Crippen MR) is 221 cm³/mol. The molecule has 3 heteroatoms. The van der Waals surface area contributed by atoms with E-state index < -0.39 is 0 Å². The number of terminal acetylenes is 3. The van der Waals surface area contributed by atoms with Crippen molar-refractivity contribution in [3.05, 3.63) is 138 Å². The van der Waals surface area contributed by atoms with Gasteiger partial charge in [0.1, 0.15) is 0 Å². The van der Waals surface area contributed by atoms with E-state index in [0.29, 0.717) is 16.7 Å². The van der Waals surface area contributed by atoms with E-state index in [2.05, 4.69) is 126 Å². The van der Waals surface area contributed by atoms with E-state index in [1.54, 1.807) is 0 Å². The van der Waals surface area contributed by atoms with Gasteiger partial charge >= 0.3 is 0 Å². The Labute approximate surface area is 334 Å². The molecule has 0 N–H and O–H groups in total. The molecule has 0 saturated heterocycles. The SMILES string of the molecule is C#CC1=C(C#Cc2c(Cl)c(C#CC3=C(C#C)C45C=CC=CC34CCC5)c(Cl)c(C#CC3=C(C#C)C45C=CC=CC34CCC5)c2Cl)C23C=CC=CC12CCC3. The molecule has 6 unspecified atom stereocenters. The van der Waals surface area contributed by atoms with Crippen molar-refractivity contribution in [3.8, 4) is 72.6 Å². The van der Waals surface area contributed by atoms with Crippen LogP contribution in [0, 0.1) is 105 Å². The van der Waals surface area contributed by atoms with E-state index in [1.165, 1.54) is 0 Å². The molecule has 0 nitrogen and oxygen atoms in total. The van der Waals surface area contributed by atoms with E-state index in [-0.39, 0.29) is 47.6 Å². The molecular weight excluding hydrogens is 719 g/mol. The van der Waals surface area contributed by atoms with Crippen LogP contribution in [0.15, 0.2) is 106 Å². The average molecular weight is 752 g/mol. The fourth-order valence-corrected chi connectivity index (χ4v) is 13.2. The van der Waals surface area contributed by atoms with Gasteiger partial charge in [0.2, 0.25) is 0 Å². The molecule has 3 fully saturated rings. The summed E-state index contributed by atoms with van der Waals surface area (Å²) in [6.45, 7) is 0. The number of rotatable bonds is 0. The lowest BCUT2D eigenvalue weighted by Gasteiger charge is -2.54. The average Bonchev–Trinajstić information content (AvgIpc) is 3.83. The number of hydrogen-bond acceptors (Lipinski definition) is 0. The zero-order valence-corrected chi connectivity index (χ0v) is 31.9. The van der Waals surface area contributed by atoms with Crippen molar-refractivity contribution in [2.24, 2.45) is 32.5 Å². The van der Waals surface area contributed by atoms with Gasteiger partial charge in [-0.2, -0.15) is 0 Å². The van der Waals surface area contributed by atoms with Crippen LogP contribution in [0.2, 0.25) is 15.1 Å². The van der Waals surface area contributed by atoms with Crippen LogP contribution >= 0.6 is 34.8 Å². The molecule has 10 rings (SSSR count). The summed E-state index contributed by atoms with van der Waals surface area (Å²) >= 11 is 21.9. The van der Waals surface area contributed by atoms with Gasteiger partial charge in [0.25, 0.3) is 0 Å². The van der Waals surface area contributed by atoms with Crippen molar-refractivity contribution in [2.75, 3.05) is 0 Å². The highest BCUT2D eigenvalue weighted by molar-refractivity contribution is 6.42. The first kappa shape index (κ1) is 33.7. The second kappa shape index (κ2) is 11.3. The zero-order chi connectivity index (χ0) is 37.1. The fraction of sp³-hybridized carbons (Fsp3) is 0.294. The molecule has 0 aliphatic heterocycles. The highest BCUT2D eigenvalue weighted by Crippen LogP contribution is 2.73. The maximum atomic E-state index is 7.28. The highest BCUT2D eigenvalue weighted by Gasteiger charge is 2.66. The minimum Gasteiger partial charge on any atom is -0.115 e. The van der Waals surface area contributed by atoms with Gasteiger partial charge in [-0.3, -0.25) is 0 Å². The number of allylic oxidation sites excluding steroid dienone is 18. The van der Waals surface area contributed by atoms with E-state index in [4.69, 9.17) is 54.1 Å². The minimum atomic E-state index is -0.220. The molecule has 0 bridgehead atoms.